The first-order valence-corrected chi connectivity index (χ1v) is 5.31. The molecule has 0 saturated carbocycles. The third kappa shape index (κ3) is 2.68. The number of hydrogen-bond acceptors (Lipinski definition) is 4. The maximum absolute atomic E-state index is 11.3. The lowest BCUT2D eigenvalue weighted by atomic mass is 10.3. The van der Waals surface area contributed by atoms with Crippen LogP contribution in [0.1, 0.15) is 13.8 Å². The number of fused-ring (bicyclic) bond motifs is 1. The molecule has 5 nitrogen and oxygen atoms in total. The molecule has 0 aromatic heterocycles. The largest absolute Gasteiger partial charge is 0.449 e. The van der Waals surface area contributed by atoms with Crippen molar-refractivity contribution in [2.24, 2.45) is 0 Å². The van der Waals surface area contributed by atoms with Gasteiger partial charge in [0.25, 0.3) is 0 Å². The first kappa shape index (κ1) is 11.7. The zero-order valence-corrected chi connectivity index (χ0v) is 10.1. The van der Waals surface area contributed by atoms with Gasteiger partial charge in [0.2, 0.25) is 11.7 Å². The number of ether oxygens (including phenoxy) is 3. The molecule has 0 spiro atoms. The van der Waals surface area contributed by atoms with Crippen LogP contribution in [0.2, 0.25) is 0 Å². The van der Waals surface area contributed by atoms with E-state index < -0.39 is 5.79 Å². The number of carbonyl (C=O) groups is 1. The second kappa shape index (κ2) is 4.25. The van der Waals surface area contributed by atoms with E-state index in [0.29, 0.717) is 17.2 Å². The number of amides is 1. The Hall–Kier alpha value is -1.75. The molecule has 0 bridgehead atoms. The second-order valence-electron chi connectivity index (χ2n) is 4.25. The normalized spacial score (nSPS) is 15.7. The van der Waals surface area contributed by atoms with Gasteiger partial charge in [-0.15, -0.1) is 0 Å². The van der Waals surface area contributed by atoms with Crippen LogP contribution in [0.15, 0.2) is 18.2 Å². The molecular formula is C12H15NO4. The van der Waals surface area contributed by atoms with E-state index in [-0.39, 0.29) is 12.5 Å². The number of benzene rings is 1. The monoisotopic (exact) mass is 237 g/mol. The molecule has 1 aromatic rings. The summed E-state index contributed by atoms with van der Waals surface area (Å²) in [4.78, 5) is 11.3. The second-order valence-corrected chi connectivity index (χ2v) is 4.25. The van der Waals surface area contributed by atoms with Crippen LogP contribution in [0.5, 0.6) is 11.5 Å². The molecule has 0 fully saturated rings. The van der Waals surface area contributed by atoms with E-state index in [9.17, 15) is 4.79 Å². The Balaban J connectivity index is 2.11. The van der Waals surface area contributed by atoms with E-state index in [1.807, 2.05) is 13.8 Å². The summed E-state index contributed by atoms with van der Waals surface area (Å²) < 4.78 is 15.8. The van der Waals surface area contributed by atoms with Crippen molar-refractivity contribution >= 4 is 11.6 Å². The Kier molecular flexibility index (Phi) is 2.93. The SMILES string of the molecule is COCC(=O)Nc1ccc2c(c1)OC(C)(C)O2. The standard InChI is InChI=1S/C12H15NO4/c1-12(2)16-9-5-4-8(6-10(9)17-12)13-11(14)7-15-3/h4-6H,7H2,1-3H3,(H,13,14). The molecule has 0 saturated heterocycles. The molecule has 92 valence electrons. The summed E-state index contributed by atoms with van der Waals surface area (Å²) in [5, 5.41) is 2.70. The van der Waals surface area contributed by atoms with Crippen LogP contribution in [0.3, 0.4) is 0 Å². The van der Waals surface area contributed by atoms with E-state index in [1.54, 1.807) is 18.2 Å². The Labute approximate surface area is 99.7 Å². The average Bonchev–Trinajstić information content (AvgIpc) is 2.51. The van der Waals surface area contributed by atoms with Crippen LogP contribution >= 0.6 is 0 Å². The van der Waals surface area contributed by atoms with Gasteiger partial charge in [-0.3, -0.25) is 4.79 Å². The topological polar surface area (TPSA) is 56.8 Å². The van der Waals surface area contributed by atoms with Crippen molar-refractivity contribution in [1.82, 2.24) is 0 Å². The zero-order chi connectivity index (χ0) is 12.5. The number of hydrogen-bond donors (Lipinski definition) is 1. The van der Waals surface area contributed by atoms with Gasteiger partial charge in [-0.25, -0.2) is 0 Å². The van der Waals surface area contributed by atoms with Crippen molar-refractivity contribution in [3.05, 3.63) is 18.2 Å². The fraction of sp³-hybridized carbons (Fsp3) is 0.417. The molecule has 17 heavy (non-hydrogen) atoms. The smallest absolute Gasteiger partial charge is 0.250 e. The summed E-state index contributed by atoms with van der Waals surface area (Å²) in [5.41, 5.74) is 0.659. The minimum atomic E-state index is -0.655. The highest BCUT2D eigenvalue weighted by atomic mass is 16.7. The molecule has 1 heterocycles. The molecule has 0 aliphatic carbocycles. The molecule has 1 N–H and O–H groups in total. The van der Waals surface area contributed by atoms with Gasteiger partial charge in [0, 0.05) is 32.7 Å². The fourth-order valence-electron chi connectivity index (χ4n) is 1.63. The maximum Gasteiger partial charge on any atom is 0.250 e. The van der Waals surface area contributed by atoms with Gasteiger partial charge in [-0.2, -0.15) is 0 Å². The number of rotatable bonds is 3. The van der Waals surface area contributed by atoms with Crippen LogP contribution in [0.4, 0.5) is 5.69 Å². The molecule has 0 unspecified atom stereocenters. The summed E-state index contributed by atoms with van der Waals surface area (Å²) in [6.07, 6.45) is 0. The Morgan fingerprint density at radius 3 is 2.76 bits per heavy atom. The molecule has 0 radical (unpaired) electrons. The Morgan fingerprint density at radius 1 is 1.35 bits per heavy atom. The minimum Gasteiger partial charge on any atom is -0.449 e. The molecule has 1 aliphatic heterocycles. The summed E-state index contributed by atoms with van der Waals surface area (Å²) in [5.74, 6) is 0.452. The lowest BCUT2D eigenvalue weighted by Gasteiger charge is -2.16. The van der Waals surface area contributed by atoms with Crippen molar-refractivity contribution in [2.75, 3.05) is 19.0 Å². The molecule has 1 aliphatic rings. The van der Waals surface area contributed by atoms with Crippen molar-refractivity contribution in [2.45, 2.75) is 19.6 Å². The highest BCUT2D eigenvalue weighted by molar-refractivity contribution is 5.92. The minimum absolute atomic E-state index is 0.0277. The maximum atomic E-state index is 11.3. The Bertz CT molecular complexity index is 442. The third-order valence-corrected chi connectivity index (χ3v) is 2.21. The van der Waals surface area contributed by atoms with Gasteiger partial charge in [-0.1, -0.05) is 0 Å². The van der Waals surface area contributed by atoms with Crippen LogP contribution in [-0.4, -0.2) is 25.4 Å². The zero-order valence-electron chi connectivity index (χ0n) is 10.1. The van der Waals surface area contributed by atoms with E-state index in [1.165, 1.54) is 7.11 Å². The molecule has 0 atom stereocenters. The molecule has 1 aromatic carbocycles. The van der Waals surface area contributed by atoms with Gasteiger partial charge in [-0.05, 0) is 12.1 Å². The van der Waals surface area contributed by atoms with Gasteiger partial charge < -0.3 is 19.5 Å². The van der Waals surface area contributed by atoms with Crippen molar-refractivity contribution < 1.29 is 19.0 Å². The van der Waals surface area contributed by atoms with Crippen LogP contribution in [0, 0.1) is 0 Å². The van der Waals surface area contributed by atoms with Gasteiger partial charge in [0.15, 0.2) is 11.5 Å². The van der Waals surface area contributed by atoms with Gasteiger partial charge in [0.05, 0.1) is 0 Å². The Morgan fingerprint density at radius 2 is 2.06 bits per heavy atom. The van der Waals surface area contributed by atoms with E-state index in [4.69, 9.17) is 14.2 Å². The first-order chi connectivity index (χ1) is 8.00. The predicted octanol–water partition coefficient (Wildman–Crippen LogP) is 1.78. The fourth-order valence-corrected chi connectivity index (χ4v) is 1.63. The lowest BCUT2D eigenvalue weighted by molar-refractivity contribution is -0.119. The third-order valence-electron chi connectivity index (χ3n) is 2.21. The van der Waals surface area contributed by atoms with Crippen molar-refractivity contribution in [3.63, 3.8) is 0 Å². The number of methoxy groups -OCH3 is 1. The van der Waals surface area contributed by atoms with E-state index in [0.717, 1.165) is 0 Å². The molecule has 1 amide bonds. The van der Waals surface area contributed by atoms with Gasteiger partial charge in [0.1, 0.15) is 6.61 Å². The highest BCUT2D eigenvalue weighted by Crippen LogP contribution is 2.40. The number of anilines is 1. The highest BCUT2D eigenvalue weighted by Gasteiger charge is 2.31. The summed E-state index contributed by atoms with van der Waals surface area (Å²) in [6, 6.07) is 5.27. The van der Waals surface area contributed by atoms with Crippen molar-refractivity contribution in [1.29, 1.82) is 0 Å². The first-order valence-electron chi connectivity index (χ1n) is 5.31. The average molecular weight is 237 g/mol. The molecule has 5 heteroatoms. The van der Waals surface area contributed by atoms with Gasteiger partial charge >= 0.3 is 0 Å². The summed E-state index contributed by atoms with van der Waals surface area (Å²) in [7, 11) is 1.47. The predicted molar refractivity (Wildman–Crippen MR) is 62.3 cm³/mol. The molecule has 2 rings (SSSR count). The van der Waals surface area contributed by atoms with Crippen LogP contribution in [-0.2, 0) is 9.53 Å². The van der Waals surface area contributed by atoms with E-state index >= 15 is 0 Å². The quantitative estimate of drug-likeness (QED) is 0.870. The number of carbonyl (C=O) groups excluding carboxylic acids is 1. The lowest BCUT2D eigenvalue weighted by Crippen LogP contribution is -2.29. The molecular weight excluding hydrogens is 222 g/mol. The van der Waals surface area contributed by atoms with Crippen molar-refractivity contribution in [3.8, 4) is 11.5 Å². The van der Waals surface area contributed by atoms with E-state index in [2.05, 4.69) is 5.32 Å². The van der Waals surface area contributed by atoms with Crippen LogP contribution < -0.4 is 14.8 Å². The number of nitrogens with one attached hydrogen (secondary N) is 1. The summed E-state index contributed by atoms with van der Waals surface area (Å²) >= 11 is 0. The summed E-state index contributed by atoms with van der Waals surface area (Å²) in [6.45, 7) is 3.69. The van der Waals surface area contributed by atoms with Crippen LogP contribution in [0.25, 0.3) is 0 Å².